The molecule has 2 aromatic heterocycles. The highest BCUT2D eigenvalue weighted by Gasteiger charge is 2.14. The van der Waals surface area contributed by atoms with Crippen LogP contribution in [0.2, 0.25) is 5.02 Å². The number of carboxylic acids is 1. The summed E-state index contributed by atoms with van der Waals surface area (Å²) in [5.74, 6) is 1.35. The van der Waals surface area contributed by atoms with Crippen molar-refractivity contribution in [3.05, 3.63) is 46.5 Å². The third kappa shape index (κ3) is 4.98. The van der Waals surface area contributed by atoms with Crippen molar-refractivity contribution >= 4 is 28.6 Å². The monoisotopic (exact) mass is 417 g/mol. The number of fused-ring (bicyclic) bond motifs is 1. The van der Waals surface area contributed by atoms with Crippen molar-refractivity contribution in [3.63, 3.8) is 0 Å². The zero-order valence-electron chi connectivity index (χ0n) is 16.7. The van der Waals surface area contributed by atoms with E-state index in [9.17, 15) is 4.79 Å². The fraction of sp³-hybridized carbons (Fsp3) is 0.381. The Morgan fingerprint density at radius 2 is 2.00 bits per heavy atom. The molecule has 0 saturated heterocycles. The van der Waals surface area contributed by atoms with Crippen LogP contribution in [-0.4, -0.2) is 38.8 Å². The first kappa shape index (κ1) is 20.9. The molecule has 3 rings (SSSR count). The van der Waals surface area contributed by atoms with Crippen molar-refractivity contribution in [3.8, 4) is 11.5 Å². The highest BCUT2D eigenvalue weighted by Crippen LogP contribution is 2.28. The lowest BCUT2D eigenvalue weighted by molar-refractivity contribution is -0.137. The lowest BCUT2D eigenvalue weighted by Gasteiger charge is -2.11. The van der Waals surface area contributed by atoms with Gasteiger partial charge in [0.05, 0.1) is 47.7 Å². The Bertz CT molecular complexity index is 1030. The van der Waals surface area contributed by atoms with E-state index in [0.29, 0.717) is 42.7 Å². The summed E-state index contributed by atoms with van der Waals surface area (Å²) in [5.41, 5.74) is 3.52. The molecule has 7 nitrogen and oxygen atoms in total. The standard InChI is InChI=1S/C21H24ClN3O4/c1-4-28-16-9-17(22)18(23-11-16)12-25-14(3)24-21-13(2)8-15(10-19(21)25)29-7-5-6-20(26)27/h8-11H,4-7,12H2,1-3H3,(H,26,27). The van der Waals surface area contributed by atoms with Gasteiger partial charge in [0, 0.05) is 18.6 Å². The Hall–Kier alpha value is -2.80. The molecule has 0 unspecified atom stereocenters. The Labute approximate surface area is 174 Å². The van der Waals surface area contributed by atoms with Gasteiger partial charge >= 0.3 is 5.97 Å². The molecule has 2 heterocycles. The van der Waals surface area contributed by atoms with Crippen LogP contribution in [0.25, 0.3) is 11.0 Å². The van der Waals surface area contributed by atoms with Gasteiger partial charge in [-0.3, -0.25) is 9.78 Å². The molecule has 1 aromatic carbocycles. The molecule has 0 saturated carbocycles. The quantitative estimate of drug-likeness (QED) is 0.519. The number of rotatable bonds is 9. The summed E-state index contributed by atoms with van der Waals surface area (Å²) < 4.78 is 13.3. The number of halogens is 1. The number of aryl methyl sites for hydroxylation is 2. The van der Waals surface area contributed by atoms with E-state index in [1.807, 2.05) is 37.5 Å². The minimum absolute atomic E-state index is 0.0835. The minimum atomic E-state index is -0.825. The molecule has 29 heavy (non-hydrogen) atoms. The van der Waals surface area contributed by atoms with Gasteiger partial charge < -0.3 is 19.1 Å². The molecule has 1 N–H and O–H groups in total. The van der Waals surface area contributed by atoms with Crippen LogP contribution in [-0.2, 0) is 11.3 Å². The van der Waals surface area contributed by atoms with Gasteiger partial charge in [-0.1, -0.05) is 11.6 Å². The average Bonchev–Trinajstić information content (AvgIpc) is 2.97. The summed E-state index contributed by atoms with van der Waals surface area (Å²) in [6.45, 7) is 7.19. The average molecular weight is 418 g/mol. The maximum absolute atomic E-state index is 10.7. The number of aromatic nitrogens is 3. The Kier molecular flexibility index (Phi) is 6.59. The summed E-state index contributed by atoms with van der Waals surface area (Å²) in [6, 6.07) is 5.61. The summed E-state index contributed by atoms with van der Waals surface area (Å²) in [5, 5.41) is 9.29. The van der Waals surface area contributed by atoms with Crippen LogP contribution in [0.5, 0.6) is 11.5 Å². The lowest BCUT2D eigenvalue weighted by Crippen LogP contribution is -2.06. The normalized spacial score (nSPS) is 11.0. The molecular weight excluding hydrogens is 394 g/mol. The summed E-state index contributed by atoms with van der Waals surface area (Å²) in [7, 11) is 0. The first-order valence-corrected chi connectivity index (χ1v) is 9.86. The number of nitrogens with zero attached hydrogens (tertiary/aromatic N) is 3. The van der Waals surface area contributed by atoms with Crippen LogP contribution in [0.1, 0.15) is 36.8 Å². The number of aliphatic carboxylic acids is 1. The smallest absolute Gasteiger partial charge is 0.303 e. The van der Waals surface area contributed by atoms with E-state index < -0.39 is 5.97 Å². The number of imidazole rings is 1. The highest BCUT2D eigenvalue weighted by atomic mass is 35.5. The number of pyridine rings is 1. The molecule has 0 fully saturated rings. The van der Waals surface area contributed by atoms with Crippen molar-refractivity contribution in [2.75, 3.05) is 13.2 Å². The molecule has 0 spiro atoms. The fourth-order valence-corrected chi connectivity index (χ4v) is 3.35. The second-order valence-corrected chi connectivity index (χ2v) is 7.14. The van der Waals surface area contributed by atoms with Crippen LogP contribution in [0, 0.1) is 13.8 Å². The van der Waals surface area contributed by atoms with Crippen LogP contribution in [0.3, 0.4) is 0 Å². The molecule has 3 aromatic rings. The number of carbonyl (C=O) groups is 1. The van der Waals surface area contributed by atoms with Gasteiger partial charge in [-0.05, 0) is 38.8 Å². The van der Waals surface area contributed by atoms with Crippen molar-refractivity contribution in [2.45, 2.75) is 40.2 Å². The number of hydrogen-bond donors (Lipinski definition) is 1. The minimum Gasteiger partial charge on any atom is -0.493 e. The summed E-state index contributed by atoms with van der Waals surface area (Å²) in [4.78, 5) is 19.8. The second kappa shape index (κ2) is 9.13. The molecule has 0 aliphatic rings. The molecule has 154 valence electrons. The van der Waals surface area contributed by atoms with E-state index in [0.717, 1.165) is 28.1 Å². The number of hydrogen-bond acceptors (Lipinski definition) is 5. The van der Waals surface area contributed by atoms with E-state index in [-0.39, 0.29) is 6.42 Å². The third-order valence-electron chi connectivity index (χ3n) is 4.52. The molecule has 0 aliphatic heterocycles. The molecular formula is C21H24ClN3O4. The van der Waals surface area contributed by atoms with Crippen LogP contribution >= 0.6 is 11.6 Å². The van der Waals surface area contributed by atoms with Gasteiger partial charge in [-0.2, -0.15) is 0 Å². The SMILES string of the molecule is CCOc1cnc(Cn2c(C)nc3c(C)cc(OCCCC(=O)O)cc32)c(Cl)c1. The summed E-state index contributed by atoms with van der Waals surface area (Å²) >= 11 is 6.41. The highest BCUT2D eigenvalue weighted by molar-refractivity contribution is 6.31. The number of carboxylic acid groups (broad SMARTS) is 1. The van der Waals surface area contributed by atoms with E-state index in [1.165, 1.54) is 0 Å². The van der Waals surface area contributed by atoms with Gasteiger partial charge in [0.25, 0.3) is 0 Å². The Morgan fingerprint density at radius 3 is 2.69 bits per heavy atom. The van der Waals surface area contributed by atoms with Gasteiger partial charge in [-0.15, -0.1) is 0 Å². The number of benzene rings is 1. The Balaban J connectivity index is 1.87. The predicted molar refractivity (Wildman–Crippen MR) is 111 cm³/mol. The van der Waals surface area contributed by atoms with Crippen LogP contribution in [0.4, 0.5) is 0 Å². The third-order valence-corrected chi connectivity index (χ3v) is 4.85. The predicted octanol–water partition coefficient (Wildman–Crippen LogP) is 4.39. The maximum Gasteiger partial charge on any atom is 0.303 e. The molecule has 0 amide bonds. The molecule has 8 heteroatoms. The largest absolute Gasteiger partial charge is 0.493 e. The topological polar surface area (TPSA) is 86.5 Å². The van der Waals surface area contributed by atoms with E-state index in [1.54, 1.807) is 12.3 Å². The summed E-state index contributed by atoms with van der Waals surface area (Å²) in [6.07, 6.45) is 2.21. The van der Waals surface area contributed by atoms with Crippen molar-refractivity contribution in [1.82, 2.24) is 14.5 Å². The van der Waals surface area contributed by atoms with Crippen molar-refractivity contribution in [2.24, 2.45) is 0 Å². The van der Waals surface area contributed by atoms with E-state index in [4.69, 9.17) is 26.2 Å². The number of ether oxygens (including phenoxy) is 2. The van der Waals surface area contributed by atoms with Gasteiger partial charge in [0.2, 0.25) is 0 Å². The van der Waals surface area contributed by atoms with Gasteiger partial charge in [0.1, 0.15) is 17.3 Å². The van der Waals surface area contributed by atoms with Crippen LogP contribution < -0.4 is 9.47 Å². The van der Waals surface area contributed by atoms with Crippen molar-refractivity contribution in [1.29, 1.82) is 0 Å². The Morgan fingerprint density at radius 1 is 1.21 bits per heavy atom. The molecule has 0 aliphatic carbocycles. The molecule has 0 radical (unpaired) electrons. The van der Waals surface area contributed by atoms with E-state index >= 15 is 0 Å². The fourth-order valence-electron chi connectivity index (χ4n) is 3.13. The first-order chi connectivity index (χ1) is 13.9. The van der Waals surface area contributed by atoms with Gasteiger partial charge in [-0.25, -0.2) is 4.98 Å². The molecule has 0 bridgehead atoms. The molecule has 0 atom stereocenters. The van der Waals surface area contributed by atoms with Crippen LogP contribution in [0.15, 0.2) is 24.4 Å². The van der Waals surface area contributed by atoms with E-state index in [2.05, 4.69) is 9.97 Å². The second-order valence-electron chi connectivity index (χ2n) is 6.73. The first-order valence-electron chi connectivity index (χ1n) is 9.48. The zero-order valence-corrected chi connectivity index (χ0v) is 17.5. The van der Waals surface area contributed by atoms with Crippen molar-refractivity contribution < 1.29 is 19.4 Å². The lowest BCUT2D eigenvalue weighted by atomic mass is 10.2. The zero-order chi connectivity index (χ0) is 21.0. The maximum atomic E-state index is 10.7. The van der Waals surface area contributed by atoms with Gasteiger partial charge in [0.15, 0.2) is 0 Å².